The highest BCUT2D eigenvalue weighted by Gasteiger charge is 2.29. The minimum absolute atomic E-state index is 0.182. The second kappa shape index (κ2) is 11.1. The average molecular weight is 500 g/mol. The minimum Gasteiger partial charge on any atom is -0.308 e. The molecular formula is C34H45NS. The highest BCUT2D eigenvalue weighted by Crippen LogP contribution is 2.53. The van der Waals surface area contributed by atoms with Gasteiger partial charge in [0.1, 0.15) is 0 Å². The van der Waals surface area contributed by atoms with Crippen molar-refractivity contribution in [3.05, 3.63) is 77.4 Å². The fraction of sp³-hybridized carbons (Fsp3) is 0.471. The lowest BCUT2D eigenvalue weighted by Gasteiger charge is -2.36. The largest absolute Gasteiger partial charge is 0.308 e. The summed E-state index contributed by atoms with van der Waals surface area (Å²) in [5.41, 5.74) is 8.52. The molecule has 0 bridgehead atoms. The van der Waals surface area contributed by atoms with Crippen molar-refractivity contribution in [2.45, 2.75) is 114 Å². The van der Waals surface area contributed by atoms with Gasteiger partial charge in [-0.15, -0.1) is 0 Å². The average Bonchev–Trinajstić information content (AvgIpc) is 2.85. The zero-order valence-corrected chi connectivity index (χ0v) is 24.4. The fourth-order valence-corrected chi connectivity index (χ4v) is 6.80. The number of anilines is 3. The van der Waals surface area contributed by atoms with E-state index in [1.807, 2.05) is 11.8 Å². The van der Waals surface area contributed by atoms with Crippen molar-refractivity contribution in [1.82, 2.24) is 0 Å². The van der Waals surface area contributed by atoms with Crippen LogP contribution in [0.15, 0.2) is 70.5 Å². The van der Waals surface area contributed by atoms with Gasteiger partial charge in [0.25, 0.3) is 0 Å². The molecule has 2 heteroatoms. The molecule has 3 aromatic carbocycles. The van der Waals surface area contributed by atoms with Gasteiger partial charge in [-0.1, -0.05) is 104 Å². The molecule has 0 unspecified atom stereocenters. The summed E-state index contributed by atoms with van der Waals surface area (Å²) >= 11 is 1.95. The molecule has 1 nitrogen and oxygen atoms in total. The lowest BCUT2D eigenvalue weighted by atomic mass is 9.80. The number of unbranched alkanes of at least 4 members (excludes halogenated alkanes) is 1. The summed E-state index contributed by atoms with van der Waals surface area (Å²) in [6.07, 6.45) is 8.44. The monoisotopic (exact) mass is 499 g/mol. The second-order valence-electron chi connectivity index (χ2n) is 11.8. The predicted molar refractivity (Wildman–Crippen MR) is 160 cm³/mol. The highest BCUT2D eigenvalue weighted by atomic mass is 32.2. The molecule has 0 N–H and O–H groups in total. The topological polar surface area (TPSA) is 3.24 Å². The van der Waals surface area contributed by atoms with Crippen LogP contribution < -0.4 is 4.90 Å². The van der Waals surface area contributed by atoms with Crippen molar-refractivity contribution in [1.29, 1.82) is 0 Å². The SMILES string of the molecule is CCCCc1ccc(N2c3ccc(C(C)(C)CCC)cc3Sc3cc(C(C)(C)CCC)ccc32)cc1. The van der Waals surface area contributed by atoms with Gasteiger partial charge < -0.3 is 4.90 Å². The molecule has 3 aromatic rings. The lowest BCUT2D eigenvalue weighted by Crippen LogP contribution is -2.20. The maximum Gasteiger partial charge on any atom is 0.0601 e. The first-order valence-electron chi connectivity index (χ1n) is 14.1. The van der Waals surface area contributed by atoms with Crippen LogP contribution in [0.1, 0.15) is 104 Å². The van der Waals surface area contributed by atoms with E-state index in [0.717, 1.165) is 6.42 Å². The Balaban J connectivity index is 1.81. The standard InChI is InChI=1S/C34H45NS/c1-8-11-12-25-13-17-28(18-14-25)35-29-19-15-26(33(4,5)21-9-2)23-31(29)36-32-24-27(16-20-30(32)35)34(6,7)22-10-3/h13-20,23-24H,8-12,21-22H2,1-7H3. The minimum atomic E-state index is 0.182. The molecule has 1 aliphatic rings. The van der Waals surface area contributed by atoms with Crippen molar-refractivity contribution in [2.24, 2.45) is 0 Å². The van der Waals surface area contributed by atoms with Crippen LogP contribution in [0.25, 0.3) is 0 Å². The first kappa shape index (κ1) is 26.9. The Hall–Kier alpha value is -2.19. The summed E-state index contributed by atoms with van der Waals surface area (Å²) in [5, 5.41) is 0. The summed E-state index contributed by atoms with van der Waals surface area (Å²) in [7, 11) is 0. The normalized spacial score (nSPS) is 13.5. The number of nitrogens with zero attached hydrogens (tertiary/aromatic N) is 1. The molecule has 0 fully saturated rings. The van der Waals surface area contributed by atoms with Gasteiger partial charge in [0, 0.05) is 15.5 Å². The van der Waals surface area contributed by atoms with Gasteiger partial charge >= 0.3 is 0 Å². The quantitative estimate of drug-likeness (QED) is 0.213. The number of rotatable bonds is 10. The van der Waals surface area contributed by atoms with E-state index in [0.29, 0.717) is 0 Å². The molecule has 1 aliphatic heterocycles. The molecule has 0 amide bonds. The van der Waals surface area contributed by atoms with Crippen LogP contribution >= 0.6 is 11.8 Å². The van der Waals surface area contributed by atoms with Crippen LogP contribution in [0.3, 0.4) is 0 Å². The molecule has 0 atom stereocenters. The number of hydrogen-bond donors (Lipinski definition) is 0. The van der Waals surface area contributed by atoms with Crippen molar-refractivity contribution in [3.8, 4) is 0 Å². The summed E-state index contributed by atoms with van der Waals surface area (Å²) in [6, 6.07) is 23.7. The van der Waals surface area contributed by atoms with Gasteiger partial charge in [-0.25, -0.2) is 0 Å². The fourth-order valence-electron chi connectivity index (χ4n) is 5.66. The lowest BCUT2D eigenvalue weighted by molar-refractivity contribution is 0.472. The van der Waals surface area contributed by atoms with E-state index in [1.54, 1.807) is 0 Å². The third kappa shape index (κ3) is 5.54. The first-order chi connectivity index (χ1) is 17.2. The van der Waals surface area contributed by atoms with Crippen LogP contribution in [0.4, 0.5) is 17.1 Å². The van der Waals surface area contributed by atoms with Crippen molar-refractivity contribution >= 4 is 28.8 Å². The molecule has 4 rings (SSSR count). The number of benzene rings is 3. The first-order valence-corrected chi connectivity index (χ1v) is 14.9. The van der Waals surface area contributed by atoms with Crippen molar-refractivity contribution in [3.63, 3.8) is 0 Å². The Kier molecular flexibility index (Phi) is 8.25. The summed E-state index contributed by atoms with van der Waals surface area (Å²) in [6.45, 7) is 16.4. The number of hydrogen-bond acceptors (Lipinski definition) is 2. The van der Waals surface area contributed by atoms with E-state index in [1.165, 1.54) is 82.1 Å². The molecule has 0 saturated carbocycles. The van der Waals surface area contributed by atoms with E-state index in [4.69, 9.17) is 0 Å². The predicted octanol–water partition coefficient (Wildman–Crippen LogP) is 11.1. The van der Waals surface area contributed by atoms with E-state index < -0.39 is 0 Å². The van der Waals surface area contributed by atoms with Gasteiger partial charge in [0.15, 0.2) is 0 Å². The Bertz CT molecular complexity index is 1100. The van der Waals surface area contributed by atoms with Crippen LogP contribution in [0.2, 0.25) is 0 Å². The van der Waals surface area contributed by atoms with Crippen LogP contribution in [-0.2, 0) is 17.3 Å². The van der Waals surface area contributed by atoms with E-state index in [-0.39, 0.29) is 10.8 Å². The molecule has 0 aromatic heterocycles. The van der Waals surface area contributed by atoms with Crippen LogP contribution in [0, 0.1) is 0 Å². The maximum absolute atomic E-state index is 2.48. The highest BCUT2D eigenvalue weighted by molar-refractivity contribution is 7.99. The Morgan fingerprint density at radius 1 is 0.639 bits per heavy atom. The van der Waals surface area contributed by atoms with Crippen LogP contribution in [0.5, 0.6) is 0 Å². The molecule has 0 aliphatic carbocycles. The van der Waals surface area contributed by atoms with Gasteiger partial charge in [-0.05, 0) is 89.6 Å². The zero-order valence-electron chi connectivity index (χ0n) is 23.6. The molecular weight excluding hydrogens is 454 g/mol. The van der Waals surface area contributed by atoms with E-state index >= 15 is 0 Å². The van der Waals surface area contributed by atoms with Gasteiger partial charge in [0.05, 0.1) is 11.4 Å². The maximum atomic E-state index is 2.48. The smallest absolute Gasteiger partial charge is 0.0601 e. The molecule has 0 spiro atoms. The summed E-state index contributed by atoms with van der Waals surface area (Å²) in [5.74, 6) is 0. The summed E-state index contributed by atoms with van der Waals surface area (Å²) < 4.78 is 0. The zero-order chi connectivity index (χ0) is 25.9. The second-order valence-corrected chi connectivity index (χ2v) is 12.9. The van der Waals surface area contributed by atoms with Gasteiger partial charge in [-0.3, -0.25) is 0 Å². The van der Waals surface area contributed by atoms with Crippen molar-refractivity contribution < 1.29 is 0 Å². The molecule has 36 heavy (non-hydrogen) atoms. The number of aryl methyl sites for hydroxylation is 1. The van der Waals surface area contributed by atoms with Gasteiger partial charge in [0.2, 0.25) is 0 Å². The molecule has 1 heterocycles. The Morgan fingerprint density at radius 2 is 1.14 bits per heavy atom. The summed E-state index contributed by atoms with van der Waals surface area (Å²) in [4.78, 5) is 5.21. The number of fused-ring (bicyclic) bond motifs is 2. The van der Waals surface area contributed by atoms with Crippen LogP contribution in [-0.4, -0.2) is 0 Å². The Labute approximate surface area is 224 Å². The molecule has 192 valence electrons. The third-order valence-electron chi connectivity index (χ3n) is 7.95. The third-order valence-corrected chi connectivity index (χ3v) is 9.04. The molecule has 0 radical (unpaired) electrons. The molecule has 0 saturated heterocycles. The van der Waals surface area contributed by atoms with Crippen molar-refractivity contribution in [2.75, 3.05) is 4.90 Å². The van der Waals surface area contributed by atoms with E-state index in [2.05, 4.69) is 114 Å². The Morgan fingerprint density at radius 3 is 1.58 bits per heavy atom. The van der Waals surface area contributed by atoms with Gasteiger partial charge in [-0.2, -0.15) is 0 Å². The van der Waals surface area contributed by atoms with E-state index in [9.17, 15) is 0 Å².